The average molecular weight is 271 g/mol. The lowest BCUT2D eigenvalue weighted by Crippen LogP contribution is -2.15. The van der Waals surface area contributed by atoms with Crippen LogP contribution in [0.3, 0.4) is 0 Å². The highest BCUT2D eigenvalue weighted by atomic mass is 16.5. The largest absolute Gasteiger partial charge is 0.496 e. The number of hydrogen-bond acceptors (Lipinski definition) is 3. The second kappa shape index (κ2) is 7.74. The number of ether oxygens (including phenoxy) is 1. The molecule has 0 saturated heterocycles. The van der Waals surface area contributed by atoms with Gasteiger partial charge in [0, 0.05) is 11.3 Å². The Hall–Kier alpha value is -2.62. The van der Waals surface area contributed by atoms with Gasteiger partial charge in [0.25, 0.3) is 5.91 Å². The van der Waals surface area contributed by atoms with E-state index in [0.717, 1.165) is 6.29 Å². The quantitative estimate of drug-likeness (QED) is 0.374. The Morgan fingerprint density at radius 1 is 1.30 bits per heavy atom. The van der Waals surface area contributed by atoms with Crippen LogP contribution in [-0.4, -0.2) is 19.3 Å². The summed E-state index contributed by atoms with van der Waals surface area (Å²) in [5.74, 6) is 0.0869. The number of rotatable bonds is 6. The van der Waals surface area contributed by atoms with E-state index >= 15 is 0 Å². The third kappa shape index (κ3) is 3.95. The summed E-state index contributed by atoms with van der Waals surface area (Å²) in [6, 6.07) is 6.59. The van der Waals surface area contributed by atoms with E-state index < -0.39 is 0 Å². The molecule has 0 atom stereocenters. The maximum absolute atomic E-state index is 12.2. The van der Waals surface area contributed by atoms with Crippen molar-refractivity contribution in [2.75, 3.05) is 12.4 Å². The molecule has 0 unspecified atom stereocenters. The normalized spacial score (nSPS) is 11.7. The van der Waals surface area contributed by atoms with E-state index in [9.17, 15) is 9.59 Å². The summed E-state index contributed by atoms with van der Waals surface area (Å²) >= 11 is 0. The lowest BCUT2D eigenvalue weighted by molar-refractivity contribution is -0.112. The molecule has 4 heteroatoms. The summed E-state index contributed by atoms with van der Waals surface area (Å²) in [5, 5.41) is 2.74. The van der Waals surface area contributed by atoms with E-state index in [1.807, 2.05) is 6.92 Å². The molecule has 0 heterocycles. The fourth-order valence-electron chi connectivity index (χ4n) is 1.58. The maximum atomic E-state index is 12.2. The van der Waals surface area contributed by atoms with Gasteiger partial charge in [-0.2, -0.15) is 0 Å². The second-order valence-electron chi connectivity index (χ2n) is 3.88. The summed E-state index contributed by atoms with van der Waals surface area (Å²) in [4.78, 5) is 22.8. The molecule has 1 amide bonds. The van der Waals surface area contributed by atoms with Gasteiger partial charge in [0.2, 0.25) is 0 Å². The highest BCUT2D eigenvalue weighted by Crippen LogP contribution is 2.14. The number of nitrogens with one attached hydrogen (secondary N) is 1. The number of carbonyl (C=O) groups excluding carboxylic acids is 2. The summed E-state index contributed by atoms with van der Waals surface area (Å²) < 4.78 is 5.11. The van der Waals surface area contributed by atoms with Gasteiger partial charge in [-0.25, -0.2) is 0 Å². The van der Waals surface area contributed by atoms with E-state index in [-0.39, 0.29) is 5.91 Å². The van der Waals surface area contributed by atoms with Crippen LogP contribution in [0.15, 0.2) is 60.4 Å². The number of hydrogen-bond donors (Lipinski definition) is 1. The molecule has 0 radical (unpaired) electrons. The van der Waals surface area contributed by atoms with Gasteiger partial charge in [0.05, 0.1) is 12.7 Å². The molecule has 20 heavy (non-hydrogen) atoms. The SMILES string of the molecule is C=C/C(OC)=C(\C=C/C)C(=O)Nc1ccc(C=O)cc1. The Kier molecular flexibility index (Phi) is 5.97. The van der Waals surface area contributed by atoms with Crippen LogP contribution in [0.25, 0.3) is 0 Å². The molecule has 1 aromatic carbocycles. The number of carbonyl (C=O) groups is 2. The number of methoxy groups -OCH3 is 1. The molecule has 0 aromatic heterocycles. The zero-order valence-electron chi connectivity index (χ0n) is 11.6. The molecule has 0 aliphatic heterocycles. The summed E-state index contributed by atoms with van der Waals surface area (Å²) in [5.41, 5.74) is 1.53. The first-order valence-corrected chi connectivity index (χ1v) is 6.06. The third-order valence-electron chi connectivity index (χ3n) is 2.55. The Morgan fingerprint density at radius 2 is 1.95 bits per heavy atom. The van der Waals surface area contributed by atoms with Crippen LogP contribution in [0.5, 0.6) is 0 Å². The van der Waals surface area contributed by atoms with Crippen molar-refractivity contribution in [2.24, 2.45) is 0 Å². The highest BCUT2D eigenvalue weighted by molar-refractivity contribution is 6.06. The van der Waals surface area contributed by atoms with Crippen molar-refractivity contribution in [2.45, 2.75) is 6.92 Å². The molecule has 0 saturated carbocycles. The van der Waals surface area contributed by atoms with Crippen LogP contribution < -0.4 is 5.32 Å². The van der Waals surface area contributed by atoms with Crippen LogP contribution in [0, 0.1) is 0 Å². The van der Waals surface area contributed by atoms with Gasteiger partial charge in [0.15, 0.2) is 0 Å². The van der Waals surface area contributed by atoms with Gasteiger partial charge >= 0.3 is 0 Å². The highest BCUT2D eigenvalue weighted by Gasteiger charge is 2.12. The van der Waals surface area contributed by atoms with Crippen LogP contribution in [0.1, 0.15) is 17.3 Å². The van der Waals surface area contributed by atoms with Crippen LogP contribution in [0.2, 0.25) is 0 Å². The summed E-state index contributed by atoms with van der Waals surface area (Å²) in [6.07, 6.45) is 5.62. The summed E-state index contributed by atoms with van der Waals surface area (Å²) in [7, 11) is 1.48. The molecule has 4 nitrogen and oxygen atoms in total. The molecule has 0 bridgehead atoms. The minimum absolute atomic E-state index is 0.307. The standard InChI is InChI=1S/C16H17NO3/c1-4-6-14(15(5-2)20-3)16(19)17-13-9-7-12(11-18)8-10-13/h4-11H,2H2,1,3H3,(H,17,19)/b6-4-,15-14-. The van der Waals surface area contributed by atoms with E-state index in [2.05, 4.69) is 11.9 Å². The Bertz CT molecular complexity index is 554. The Labute approximate surface area is 118 Å². The van der Waals surface area contributed by atoms with Gasteiger partial charge in [-0.1, -0.05) is 12.7 Å². The number of anilines is 1. The predicted octanol–water partition coefficient (Wildman–Crippen LogP) is 3.10. The lowest BCUT2D eigenvalue weighted by Gasteiger charge is -2.09. The molecule has 0 aliphatic carbocycles. The van der Waals surface area contributed by atoms with Crippen molar-refractivity contribution in [1.82, 2.24) is 0 Å². The van der Waals surface area contributed by atoms with E-state index in [0.29, 0.717) is 22.6 Å². The average Bonchev–Trinajstić information content (AvgIpc) is 2.48. The van der Waals surface area contributed by atoms with Crippen LogP contribution >= 0.6 is 0 Å². The zero-order chi connectivity index (χ0) is 15.0. The molecule has 1 aromatic rings. The zero-order valence-corrected chi connectivity index (χ0v) is 11.6. The molecule has 0 fully saturated rings. The van der Waals surface area contributed by atoms with Crippen LogP contribution in [-0.2, 0) is 9.53 Å². The smallest absolute Gasteiger partial charge is 0.259 e. The van der Waals surface area contributed by atoms with Crippen molar-refractivity contribution < 1.29 is 14.3 Å². The molecular weight excluding hydrogens is 254 g/mol. The Morgan fingerprint density at radius 3 is 2.40 bits per heavy atom. The van der Waals surface area contributed by atoms with Crippen molar-refractivity contribution in [3.8, 4) is 0 Å². The number of aldehydes is 1. The minimum atomic E-state index is -0.307. The third-order valence-corrected chi connectivity index (χ3v) is 2.55. The van der Waals surface area contributed by atoms with E-state index in [1.54, 1.807) is 36.4 Å². The molecule has 0 aliphatic rings. The number of benzene rings is 1. The van der Waals surface area contributed by atoms with Gasteiger partial charge in [-0.3, -0.25) is 9.59 Å². The monoisotopic (exact) mass is 271 g/mol. The summed E-state index contributed by atoms with van der Waals surface area (Å²) in [6.45, 7) is 5.42. The van der Waals surface area contributed by atoms with Gasteiger partial charge in [-0.05, 0) is 43.3 Å². The van der Waals surface area contributed by atoms with E-state index in [1.165, 1.54) is 13.2 Å². The van der Waals surface area contributed by atoms with Crippen molar-refractivity contribution in [3.63, 3.8) is 0 Å². The number of allylic oxidation sites excluding steroid dienone is 2. The first-order chi connectivity index (χ1) is 9.65. The fourth-order valence-corrected chi connectivity index (χ4v) is 1.58. The van der Waals surface area contributed by atoms with Gasteiger partial charge in [0.1, 0.15) is 12.0 Å². The first kappa shape index (κ1) is 15.4. The van der Waals surface area contributed by atoms with E-state index in [4.69, 9.17) is 4.74 Å². The van der Waals surface area contributed by atoms with Crippen molar-refractivity contribution in [1.29, 1.82) is 0 Å². The molecule has 104 valence electrons. The van der Waals surface area contributed by atoms with Gasteiger partial charge < -0.3 is 10.1 Å². The van der Waals surface area contributed by atoms with Crippen molar-refractivity contribution >= 4 is 17.9 Å². The Balaban J connectivity index is 2.99. The van der Waals surface area contributed by atoms with Crippen molar-refractivity contribution in [3.05, 3.63) is 66.0 Å². The minimum Gasteiger partial charge on any atom is -0.496 e. The molecule has 1 rings (SSSR count). The van der Waals surface area contributed by atoms with Gasteiger partial charge in [-0.15, -0.1) is 0 Å². The predicted molar refractivity (Wildman–Crippen MR) is 79.5 cm³/mol. The topological polar surface area (TPSA) is 55.4 Å². The second-order valence-corrected chi connectivity index (χ2v) is 3.88. The molecule has 1 N–H and O–H groups in total. The molecular formula is C16H17NO3. The van der Waals surface area contributed by atoms with Crippen LogP contribution in [0.4, 0.5) is 5.69 Å². The number of amides is 1. The lowest BCUT2D eigenvalue weighted by atomic mass is 10.1. The maximum Gasteiger partial charge on any atom is 0.259 e. The first-order valence-electron chi connectivity index (χ1n) is 6.06. The fraction of sp³-hybridized carbons (Fsp3) is 0.125. The molecule has 0 spiro atoms.